The van der Waals surface area contributed by atoms with E-state index in [0.717, 1.165) is 15.1 Å². The van der Waals surface area contributed by atoms with Crippen LogP contribution in [0.25, 0.3) is 10.1 Å². The predicted molar refractivity (Wildman–Crippen MR) is 52.7 cm³/mol. The molecule has 68 valence electrons. The molecule has 1 aromatic heterocycles. The molecule has 0 atom stereocenters. The van der Waals surface area contributed by atoms with Crippen molar-refractivity contribution in [1.82, 2.24) is 0 Å². The topological polar surface area (TPSA) is 35.2 Å². The summed E-state index contributed by atoms with van der Waals surface area (Å²) < 4.78 is 18.7. The quantitative estimate of drug-likeness (QED) is 0.713. The molecule has 0 aliphatic heterocycles. The number of thiophene rings is 1. The van der Waals surface area contributed by atoms with Crippen LogP contribution < -0.4 is 10.5 Å². The number of anilines is 1. The summed E-state index contributed by atoms with van der Waals surface area (Å²) in [7, 11) is 1.58. The van der Waals surface area contributed by atoms with Gasteiger partial charge in [0.2, 0.25) is 0 Å². The highest BCUT2D eigenvalue weighted by Crippen LogP contribution is 2.35. The third-order valence-corrected chi connectivity index (χ3v) is 2.86. The first kappa shape index (κ1) is 8.31. The lowest BCUT2D eigenvalue weighted by atomic mass is 10.2. The Labute approximate surface area is 78.7 Å². The molecule has 2 N–H and O–H groups in total. The lowest BCUT2D eigenvalue weighted by molar-refractivity contribution is 0.427. The van der Waals surface area contributed by atoms with Crippen LogP contribution in [0.4, 0.5) is 10.1 Å². The lowest BCUT2D eigenvalue weighted by Gasteiger charge is -1.94. The molecule has 2 rings (SSSR count). The number of fused-ring (bicyclic) bond motifs is 1. The van der Waals surface area contributed by atoms with Crippen molar-refractivity contribution in [2.45, 2.75) is 0 Å². The molecule has 0 aliphatic carbocycles. The van der Waals surface area contributed by atoms with Gasteiger partial charge in [-0.3, -0.25) is 0 Å². The Balaban J connectivity index is 2.75. The number of benzene rings is 1. The Morgan fingerprint density at radius 3 is 2.85 bits per heavy atom. The predicted octanol–water partition coefficient (Wildman–Crippen LogP) is 2.63. The maximum atomic E-state index is 12.9. The van der Waals surface area contributed by atoms with Crippen LogP contribution in [0.5, 0.6) is 5.06 Å². The zero-order chi connectivity index (χ0) is 9.42. The van der Waals surface area contributed by atoms with Crippen molar-refractivity contribution in [1.29, 1.82) is 0 Å². The van der Waals surface area contributed by atoms with E-state index >= 15 is 0 Å². The molecule has 0 aliphatic rings. The van der Waals surface area contributed by atoms with Gasteiger partial charge in [-0.25, -0.2) is 4.39 Å². The van der Waals surface area contributed by atoms with Crippen molar-refractivity contribution < 1.29 is 9.13 Å². The zero-order valence-electron chi connectivity index (χ0n) is 7.00. The fourth-order valence-electron chi connectivity index (χ4n) is 1.21. The first-order chi connectivity index (χ1) is 6.20. The first-order valence-electron chi connectivity index (χ1n) is 3.73. The van der Waals surface area contributed by atoms with Crippen molar-refractivity contribution in [2.75, 3.05) is 12.8 Å². The van der Waals surface area contributed by atoms with Gasteiger partial charge in [-0.2, -0.15) is 0 Å². The van der Waals surface area contributed by atoms with Crippen molar-refractivity contribution in [3.05, 3.63) is 24.0 Å². The number of nitrogens with two attached hydrogens (primary N) is 1. The van der Waals surface area contributed by atoms with Crippen LogP contribution >= 0.6 is 11.3 Å². The average molecular weight is 197 g/mol. The van der Waals surface area contributed by atoms with Crippen LogP contribution in [0.1, 0.15) is 0 Å². The molecule has 1 aromatic carbocycles. The fraction of sp³-hybridized carbons (Fsp3) is 0.111. The molecule has 4 heteroatoms. The third-order valence-electron chi connectivity index (χ3n) is 1.81. The summed E-state index contributed by atoms with van der Waals surface area (Å²) in [5.74, 6) is -0.311. The number of ether oxygens (including phenoxy) is 1. The van der Waals surface area contributed by atoms with Gasteiger partial charge in [-0.15, -0.1) is 0 Å². The van der Waals surface area contributed by atoms with Gasteiger partial charge in [-0.1, -0.05) is 11.3 Å². The molecule has 0 saturated heterocycles. The summed E-state index contributed by atoms with van der Waals surface area (Å²) in [6, 6.07) is 4.59. The highest BCUT2D eigenvalue weighted by atomic mass is 32.1. The Morgan fingerprint density at radius 1 is 1.38 bits per heavy atom. The summed E-state index contributed by atoms with van der Waals surface area (Å²) in [5, 5.41) is 1.59. The van der Waals surface area contributed by atoms with Gasteiger partial charge in [-0.05, 0) is 12.1 Å². The first-order valence-corrected chi connectivity index (χ1v) is 4.55. The van der Waals surface area contributed by atoms with E-state index < -0.39 is 0 Å². The van der Waals surface area contributed by atoms with Gasteiger partial charge in [0.15, 0.2) is 5.06 Å². The Morgan fingerprint density at radius 2 is 2.15 bits per heavy atom. The largest absolute Gasteiger partial charge is 0.487 e. The van der Waals surface area contributed by atoms with Gasteiger partial charge in [0, 0.05) is 21.8 Å². The zero-order valence-corrected chi connectivity index (χ0v) is 7.82. The Hall–Kier alpha value is -1.29. The highest BCUT2D eigenvalue weighted by Gasteiger charge is 2.06. The minimum Gasteiger partial charge on any atom is -0.487 e. The average Bonchev–Trinajstić information content (AvgIpc) is 2.47. The van der Waals surface area contributed by atoms with Gasteiger partial charge < -0.3 is 10.5 Å². The SMILES string of the molecule is COc1cc2c(N)cc(F)cc2s1. The standard InChI is InChI=1S/C9H8FNOS/c1-12-9-4-6-7(11)2-5(10)3-8(6)13-9/h2-4H,11H2,1H3. The number of hydrogen-bond acceptors (Lipinski definition) is 3. The van der Waals surface area contributed by atoms with Crippen LogP contribution in [0, 0.1) is 5.82 Å². The molecule has 0 unspecified atom stereocenters. The van der Waals surface area contributed by atoms with Crippen molar-refractivity contribution in [3.63, 3.8) is 0 Å². The van der Waals surface area contributed by atoms with Crippen LogP contribution in [0.2, 0.25) is 0 Å². The Bertz CT molecular complexity index is 452. The van der Waals surface area contributed by atoms with Crippen molar-refractivity contribution in [3.8, 4) is 5.06 Å². The van der Waals surface area contributed by atoms with E-state index in [4.69, 9.17) is 10.5 Å². The minimum atomic E-state index is -0.311. The van der Waals surface area contributed by atoms with Crippen LogP contribution in [-0.2, 0) is 0 Å². The van der Waals surface area contributed by atoms with E-state index in [1.807, 2.05) is 6.07 Å². The summed E-state index contributed by atoms with van der Waals surface area (Å²) in [5.41, 5.74) is 6.09. The van der Waals surface area contributed by atoms with E-state index in [-0.39, 0.29) is 5.82 Å². The maximum Gasteiger partial charge on any atom is 0.174 e. The molecule has 13 heavy (non-hydrogen) atoms. The summed E-state index contributed by atoms with van der Waals surface area (Å²) in [6.07, 6.45) is 0. The van der Waals surface area contributed by atoms with Crippen LogP contribution in [-0.4, -0.2) is 7.11 Å². The van der Waals surface area contributed by atoms with Gasteiger partial charge >= 0.3 is 0 Å². The second-order valence-electron chi connectivity index (χ2n) is 2.68. The molecule has 0 spiro atoms. The van der Waals surface area contributed by atoms with Gasteiger partial charge in [0.1, 0.15) is 5.82 Å². The van der Waals surface area contributed by atoms with Crippen LogP contribution in [0.3, 0.4) is 0 Å². The maximum absolute atomic E-state index is 12.9. The monoisotopic (exact) mass is 197 g/mol. The second kappa shape index (κ2) is 2.88. The van der Waals surface area contributed by atoms with Gasteiger partial charge in [0.25, 0.3) is 0 Å². The molecule has 0 fully saturated rings. The number of hydrogen-bond donors (Lipinski definition) is 1. The second-order valence-corrected chi connectivity index (χ2v) is 3.72. The van der Waals surface area contributed by atoms with Gasteiger partial charge in [0.05, 0.1) is 7.11 Å². The fourth-order valence-corrected chi connectivity index (χ4v) is 2.14. The van der Waals surface area contributed by atoms with E-state index in [1.165, 1.54) is 23.5 Å². The molecule has 0 amide bonds. The summed E-state index contributed by atoms with van der Waals surface area (Å²) in [6.45, 7) is 0. The summed E-state index contributed by atoms with van der Waals surface area (Å²) in [4.78, 5) is 0. The summed E-state index contributed by atoms with van der Waals surface area (Å²) >= 11 is 1.38. The number of halogens is 1. The molecule has 0 radical (unpaired) electrons. The minimum absolute atomic E-state index is 0.311. The Kier molecular flexibility index (Phi) is 1.84. The molecular formula is C9H8FNOS. The van der Waals surface area contributed by atoms with E-state index in [0.29, 0.717) is 5.69 Å². The van der Waals surface area contributed by atoms with Crippen molar-refractivity contribution >= 4 is 27.1 Å². The number of nitrogen functional groups attached to an aromatic ring is 1. The molecule has 2 aromatic rings. The normalized spacial score (nSPS) is 10.6. The van der Waals surface area contributed by atoms with E-state index in [9.17, 15) is 4.39 Å². The highest BCUT2D eigenvalue weighted by molar-refractivity contribution is 7.20. The molecule has 0 saturated carbocycles. The number of methoxy groups -OCH3 is 1. The lowest BCUT2D eigenvalue weighted by Crippen LogP contribution is -1.85. The van der Waals surface area contributed by atoms with E-state index in [2.05, 4.69) is 0 Å². The molecule has 1 heterocycles. The number of rotatable bonds is 1. The smallest absolute Gasteiger partial charge is 0.174 e. The molecular weight excluding hydrogens is 189 g/mol. The van der Waals surface area contributed by atoms with Crippen molar-refractivity contribution in [2.24, 2.45) is 0 Å². The third kappa shape index (κ3) is 1.33. The molecule has 2 nitrogen and oxygen atoms in total. The molecule has 0 bridgehead atoms. The van der Waals surface area contributed by atoms with E-state index in [1.54, 1.807) is 7.11 Å². The van der Waals surface area contributed by atoms with Crippen LogP contribution in [0.15, 0.2) is 18.2 Å².